The number of benzene rings is 1. The highest BCUT2D eigenvalue weighted by molar-refractivity contribution is 5.40. The number of rotatable bonds is 2. The zero-order valence-electron chi connectivity index (χ0n) is 12.3. The standard InChI is InChI=1S/C14H22.C2H6/c1-9(2)13-7-12(6)14(10(3)4)8-11(13)5;1-2/h7-10H,1-6H3;1-2H3. The molecule has 1 aromatic carbocycles. The fourth-order valence-electron chi connectivity index (χ4n) is 2.10. The Kier molecular flexibility index (Phi) is 6.40. The van der Waals surface area contributed by atoms with Crippen LogP contribution in [0.15, 0.2) is 12.1 Å². The molecule has 1 aromatic rings. The summed E-state index contributed by atoms with van der Waals surface area (Å²) in [5.74, 6) is 1.27. The first kappa shape index (κ1) is 15.2. The van der Waals surface area contributed by atoms with Crippen LogP contribution in [0.2, 0.25) is 0 Å². The van der Waals surface area contributed by atoms with Gasteiger partial charge in [0.25, 0.3) is 0 Å². The predicted molar refractivity (Wildman–Crippen MR) is 75.4 cm³/mol. The van der Waals surface area contributed by atoms with Gasteiger partial charge in [-0.3, -0.25) is 0 Å². The van der Waals surface area contributed by atoms with Crippen molar-refractivity contribution >= 4 is 0 Å². The molecule has 0 unspecified atom stereocenters. The fourth-order valence-corrected chi connectivity index (χ4v) is 2.10. The Morgan fingerprint density at radius 3 is 1.12 bits per heavy atom. The maximum Gasteiger partial charge on any atom is -0.0216 e. The van der Waals surface area contributed by atoms with Gasteiger partial charge < -0.3 is 0 Å². The van der Waals surface area contributed by atoms with Gasteiger partial charge in [-0.25, -0.2) is 0 Å². The molecule has 0 heterocycles. The third-order valence-electron chi connectivity index (χ3n) is 2.90. The van der Waals surface area contributed by atoms with E-state index in [0.717, 1.165) is 0 Å². The summed E-state index contributed by atoms with van der Waals surface area (Å²) in [4.78, 5) is 0. The van der Waals surface area contributed by atoms with E-state index < -0.39 is 0 Å². The molecule has 0 bridgehead atoms. The summed E-state index contributed by atoms with van der Waals surface area (Å²) in [5.41, 5.74) is 5.86. The van der Waals surface area contributed by atoms with Gasteiger partial charge in [0, 0.05) is 0 Å². The van der Waals surface area contributed by atoms with Crippen molar-refractivity contribution in [2.45, 2.75) is 67.2 Å². The molecule has 0 aliphatic rings. The molecule has 0 heteroatoms. The van der Waals surface area contributed by atoms with E-state index >= 15 is 0 Å². The Labute approximate surface area is 102 Å². The highest BCUT2D eigenvalue weighted by Crippen LogP contribution is 2.26. The monoisotopic (exact) mass is 220 g/mol. The molecule has 0 saturated carbocycles. The van der Waals surface area contributed by atoms with Crippen LogP contribution < -0.4 is 0 Å². The molecule has 0 aromatic heterocycles. The SMILES string of the molecule is CC.Cc1cc(C(C)C)c(C)cc1C(C)C. The van der Waals surface area contributed by atoms with Gasteiger partial charge in [-0.1, -0.05) is 53.7 Å². The van der Waals surface area contributed by atoms with Crippen LogP contribution in [0.5, 0.6) is 0 Å². The Morgan fingerprint density at radius 1 is 0.688 bits per heavy atom. The van der Waals surface area contributed by atoms with E-state index in [4.69, 9.17) is 0 Å². The average Bonchev–Trinajstić information content (AvgIpc) is 2.23. The molecular weight excluding hydrogens is 192 g/mol. The summed E-state index contributed by atoms with van der Waals surface area (Å²) in [7, 11) is 0. The largest absolute Gasteiger partial charge is 0.0683 e. The van der Waals surface area contributed by atoms with Crippen LogP contribution in [-0.4, -0.2) is 0 Å². The molecule has 0 fully saturated rings. The summed E-state index contributed by atoms with van der Waals surface area (Å²) in [6, 6.07) is 4.71. The van der Waals surface area contributed by atoms with E-state index in [-0.39, 0.29) is 0 Å². The lowest BCUT2D eigenvalue weighted by molar-refractivity contribution is 0.827. The molecule has 92 valence electrons. The van der Waals surface area contributed by atoms with Crippen molar-refractivity contribution in [3.63, 3.8) is 0 Å². The van der Waals surface area contributed by atoms with Crippen molar-refractivity contribution in [1.82, 2.24) is 0 Å². The van der Waals surface area contributed by atoms with Crippen molar-refractivity contribution < 1.29 is 0 Å². The quantitative estimate of drug-likeness (QED) is 0.610. The Balaban J connectivity index is 0.00000106. The van der Waals surface area contributed by atoms with Gasteiger partial charge in [-0.2, -0.15) is 0 Å². The highest BCUT2D eigenvalue weighted by Gasteiger charge is 2.09. The van der Waals surface area contributed by atoms with Gasteiger partial charge in [-0.05, 0) is 47.9 Å². The first-order valence-electron chi connectivity index (χ1n) is 6.54. The van der Waals surface area contributed by atoms with Crippen LogP contribution >= 0.6 is 0 Å². The summed E-state index contributed by atoms with van der Waals surface area (Å²) in [6.07, 6.45) is 0. The Hall–Kier alpha value is -0.780. The van der Waals surface area contributed by atoms with Gasteiger partial charge in [-0.15, -0.1) is 0 Å². The topological polar surface area (TPSA) is 0 Å². The van der Waals surface area contributed by atoms with Crippen LogP contribution in [0.4, 0.5) is 0 Å². The predicted octanol–water partition coefficient (Wildman–Crippen LogP) is 5.58. The van der Waals surface area contributed by atoms with Crippen LogP contribution in [0, 0.1) is 13.8 Å². The normalized spacial score (nSPS) is 10.4. The van der Waals surface area contributed by atoms with Crippen LogP contribution in [0.1, 0.15) is 75.6 Å². The number of aryl methyl sites for hydroxylation is 2. The number of hydrogen-bond donors (Lipinski definition) is 0. The molecule has 1 rings (SSSR count). The molecule has 0 atom stereocenters. The Morgan fingerprint density at radius 2 is 0.938 bits per heavy atom. The van der Waals surface area contributed by atoms with Crippen molar-refractivity contribution in [3.8, 4) is 0 Å². The van der Waals surface area contributed by atoms with Crippen LogP contribution in [0.3, 0.4) is 0 Å². The summed E-state index contributed by atoms with van der Waals surface area (Å²) >= 11 is 0. The lowest BCUT2D eigenvalue weighted by Crippen LogP contribution is -1.99. The first-order chi connectivity index (χ1) is 7.43. The second-order valence-corrected chi connectivity index (χ2v) is 4.87. The van der Waals surface area contributed by atoms with Gasteiger partial charge >= 0.3 is 0 Å². The summed E-state index contributed by atoms with van der Waals surface area (Å²) < 4.78 is 0. The summed E-state index contributed by atoms with van der Waals surface area (Å²) in [6.45, 7) is 17.5. The molecule has 0 spiro atoms. The van der Waals surface area contributed by atoms with Crippen molar-refractivity contribution in [2.24, 2.45) is 0 Å². The second kappa shape index (κ2) is 6.73. The van der Waals surface area contributed by atoms with Crippen molar-refractivity contribution in [3.05, 3.63) is 34.4 Å². The maximum absolute atomic E-state index is 2.36. The van der Waals surface area contributed by atoms with Gasteiger partial charge in [0.2, 0.25) is 0 Å². The van der Waals surface area contributed by atoms with Gasteiger partial charge in [0.15, 0.2) is 0 Å². The molecule has 0 N–H and O–H groups in total. The smallest absolute Gasteiger partial charge is 0.0216 e. The molecule has 0 nitrogen and oxygen atoms in total. The molecule has 0 amide bonds. The van der Waals surface area contributed by atoms with E-state index in [2.05, 4.69) is 53.7 Å². The average molecular weight is 220 g/mol. The maximum atomic E-state index is 2.36. The van der Waals surface area contributed by atoms with E-state index in [1.165, 1.54) is 22.3 Å². The first-order valence-corrected chi connectivity index (χ1v) is 6.54. The molecule has 0 aliphatic heterocycles. The van der Waals surface area contributed by atoms with Gasteiger partial charge in [0.1, 0.15) is 0 Å². The third kappa shape index (κ3) is 3.66. The fraction of sp³-hybridized carbons (Fsp3) is 0.625. The minimum Gasteiger partial charge on any atom is -0.0683 e. The highest BCUT2D eigenvalue weighted by atomic mass is 14.1. The molecule has 0 aliphatic carbocycles. The van der Waals surface area contributed by atoms with E-state index in [1.54, 1.807) is 0 Å². The Bertz CT molecular complexity index is 285. The van der Waals surface area contributed by atoms with E-state index in [0.29, 0.717) is 11.8 Å². The molecule has 0 saturated heterocycles. The van der Waals surface area contributed by atoms with Crippen LogP contribution in [-0.2, 0) is 0 Å². The minimum atomic E-state index is 0.634. The molecule has 16 heavy (non-hydrogen) atoms. The zero-order chi connectivity index (χ0) is 12.9. The summed E-state index contributed by atoms with van der Waals surface area (Å²) in [5, 5.41) is 0. The van der Waals surface area contributed by atoms with Crippen molar-refractivity contribution in [2.75, 3.05) is 0 Å². The minimum absolute atomic E-state index is 0.634. The zero-order valence-corrected chi connectivity index (χ0v) is 12.3. The molecule has 0 radical (unpaired) electrons. The third-order valence-corrected chi connectivity index (χ3v) is 2.90. The second-order valence-electron chi connectivity index (χ2n) is 4.87. The van der Waals surface area contributed by atoms with Crippen LogP contribution in [0.25, 0.3) is 0 Å². The lowest BCUT2D eigenvalue weighted by atomic mass is 9.89. The lowest BCUT2D eigenvalue weighted by Gasteiger charge is -2.16. The van der Waals surface area contributed by atoms with Crippen molar-refractivity contribution in [1.29, 1.82) is 0 Å². The van der Waals surface area contributed by atoms with E-state index in [1.807, 2.05) is 13.8 Å². The van der Waals surface area contributed by atoms with Gasteiger partial charge in [0.05, 0.1) is 0 Å². The molecular formula is C16H28. The van der Waals surface area contributed by atoms with E-state index in [9.17, 15) is 0 Å². The number of hydrogen-bond acceptors (Lipinski definition) is 0.